The average Bonchev–Trinajstić information content (AvgIpc) is 2.99. The standard InChI is InChI=1S/C16H20N2O5/c1-16(14(20)22-2,18-10-6-9-13(18)19)17-15(21)23-11-12-7-4-3-5-8-12/h3-5,7-8H,6,9-11H2,1-2H3,(H,17,21). The predicted octanol–water partition coefficient (Wildman–Crippen LogP) is 1.42. The molecule has 1 heterocycles. The van der Waals surface area contributed by atoms with Crippen molar-refractivity contribution in [2.24, 2.45) is 0 Å². The van der Waals surface area contributed by atoms with E-state index in [4.69, 9.17) is 9.47 Å². The summed E-state index contributed by atoms with van der Waals surface area (Å²) in [6.07, 6.45) is 0.181. The molecule has 1 unspecified atom stereocenters. The number of likely N-dealkylation sites (tertiary alicyclic amines) is 1. The number of rotatable bonds is 5. The van der Waals surface area contributed by atoms with Crippen LogP contribution in [0.5, 0.6) is 0 Å². The Labute approximate surface area is 134 Å². The van der Waals surface area contributed by atoms with E-state index in [9.17, 15) is 14.4 Å². The molecule has 124 valence electrons. The molecule has 1 aliphatic heterocycles. The van der Waals surface area contributed by atoms with E-state index in [0.717, 1.165) is 5.56 Å². The summed E-state index contributed by atoms with van der Waals surface area (Å²) < 4.78 is 9.85. The van der Waals surface area contributed by atoms with Gasteiger partial charge in [0.05, 0.1) is 7.11 Å². The second-order valence-corrected chi connectivity index (χ2v) is 5.40. The molecule has 7 nitrogen and oxygen atoms in total. The van der Waals surface area contributed by atoms with Crippen LogP contribution in [0.25, 0.3) is 0 Å². The third kappa shape index (κ3) is 3.80. The molecule has 2 rings (SSSR count). The number of methoxy groups -OCH3 is 1. The largest absolute Gasteiger partial charge is 0.466 e. The molecule has 1 aromatic carbocycles. The summed E-state index contributed by atoms with van der Waals surface area (Å²) in [4.78, 5) is 37.4. The van der Waals surface area contributed by atoms with E-state index in [1.807, 2.05) is 30.3 Å². The molecule has 0 aromatic heterocycles. The minimum absolute atomic E-state index is 0.0673. The van der Waals surface area contributed by atoms with Gasteiger partial charge in [-0.15, -0.1) is 0 Å². The fourth-order valence-electron chi connectivity index (χ4n) is 2.51. The molecule has 0 aliphatic carbocycles. The maximum atomic E-state index is 12.1. The average molecular weight is 320 g/mol. The first-order chi connectivity index (χ1) is 11.0. The van der Waals surface area contributed by atoms with Crippen LogP contribution in [0.2, 0.25) is 0 Å². The van der Waals surface area contributed by atoms with Gasteiger partial charge in [0.1, 0.15) is 6.61 Å². The maximum Gasteiger partial charge on any atom is 0.409 e. The van der Waals surface area contributed by atoms with E-state index in [0.29, 0.717) is 19.4 Å². The van der Waals surface area contributed by atoms with E-state index in [1.165, 1.54) is 18.9 Å². The number of alkyl carbamates (subject to hydrolysis) is 1. The lowest BCUT2D eigenvalue weighted by Crippen LogP contribution is -2.64. The number of nitrogens with zero attached hydrogens (tertiary/aromatic N) is 1. The van der Waals surface area contributed by atoms with Gasteiger partial charge in [-0.2, -0.15) is 0 Å². The van der Waals surface area contributed by atoms with Gasteiger partial charge in [0, 0.05) is 13.0 Å². The predicted molar refractivity (Wildman–Crippen MR) is 81.1 cm³/mol. The first kappa shape index (κ1) is 16.8. The fourth-order valence-corrected chi connectivity index (χ4v) is 2.51. The maximum absolute atomic E-state index is 12.1. The molecule has 1 aliphatic rings. The number of ether oxygens (including phenoxy) is 2. The topological polar surface area (TPSA) is 84.9 Å². The molecular weight excluding hydrogens is 300 g/mol. The number of nitrogens with one attached hydrogen (secondary N) is 1. The molecule has 0 radical (unpaired) electrons. The molecule has 1 atom stereocenters. The minimum atomic E-state index is -1.57. The van der Waals surface area contributed by atoms with Crippen molar-refractivity contribution in [3.8, 4) is 0 Å². The molecule has 23 heavy (non-hydrogen) atoms. The van der Waals surface area contributed by atoms with Gasteiger partial charge in [-0.3, -0.25) is 10.1 Å². The van der Waals surface area contributed by atoms with Gasteiger partial charge >= 0.3 is 12.1 Å². The Morgan fingerprint density at radius 1 is 1.30 bits per heavy atom. The molecule has 7 heteroatoms. The van der Waals surface area contributed by atoms with E-state index >= 15 is 0 Å². The number of carbonyl (C=O) groups excluding carboxylic acids is 3. The van der Waals surface area contributed by atoms with Gasteiger partial charge in [-0.05, 0) is 18.9 Å². The Kier molecular flexibility index (Phi) is 5.20. The van der Waals surface area contributed by atoms with E-state index in [2.05, 4.69) is 5.32 Å². The van der Waals surface area contributed by atoms with Crippen molar-refractivity contribution < 1.29 is 23.9 Å². The normalized spacial score (nSPS) is 16.6. The highest BCUT2D eigenvalue weighted by molar-refractivity contribution is 5.91. The summed E-state index contributed by atoms with van der Waals surface area (Å²) in [5.41, 5.74) is -0.754. The van der Waals surface area contributed by atoms with Crippen LogP contribution >= 0.6 is 0 Å². The lowest BCUT2D eigenvalue weighted by atomic mass is 10.1. The highest BCUT2D eigenvalue weighted by Gasteiger charge is 2.46. The van der Waals surface area contributed by atoms with Crippen LogP contribution in [0.15, 0.2) is 30.3 Å². The molecule has 0 spiro atoms. The van der Waals surface area contributed by atoms with Gasteiger partial charge in [0.2, 0.25) is 11.6 Å². The van der Waals surface area contributed by atoms with Crippen molar-refractivity contribution in [3.05, 3.63) is 35.9 Å². The van der Waals surface area contributed by atoms with Gasteiger partial charge in [-0.1, -0.05) is 30.3 Å². The summed E-state index contributed by atoms with van der Waals surface area (Å²) in [5, 5.41) is 2.46. The summed E-state index contributed by atoms with van der Waals surface area (Å²) >= 11 is 0. The smallest absolute Gasteiger partial charge is 0.409 e. The third-order valence-electron chi connectivity index (χ3n) is 3.75. The van der Waals surface area contributed by atoms with Crippen molar-refractivity contribution in [1.29, 1.82) is 0 Å². The van der Waals surface area contributed by atoms with Crippen molar-refractivity contribution in [3.63, 3.8) is 0 Å². The van der Waals surface area contributed by atoms with Gasteiger partial charge in [0.15, 0.2) is 0 Å². The van der Waals surface area contributed by atoms with Crippen molar-refractivity contribution >= 4 is 18.0 Å². The molecule has 0 bridgehead atoms. The zero-order valence-corrected chi connectivity index (χ0v) is 13.2. The highest BCUT2D eigenvalue weighted by Crippen LogP contribution is 2.22. The van der Waals surface area contributed by atoms with E-state index in [-0.39, 0.29) is 12.5 Å². The molecule has 1 fully saturated rings. The van der Waals surface area contributed by atoms with E-state index in [1.54, 1.807) is 0 Å². The Morgan fingerprint density at radius 2 is 2.00 bits per heavy atom. The fraction of sp³-hybridized carbons (Fsp3) is 0.438. The summed E-state index contributed by atoms with van der Waals surface area (Å²) in [5.74, 6) is -0.925. The SMILES string of the molecule is COC(=O)C(C)(NC(=O)OCc1ccccc1)N1CCCC1=O. The Morgan fingerprint density at radius 3 is 2.57 bits per heavy atom. The first-order valence-electron chi connectivity index (χ1n) is 7.35. The number of hydrogen-bond acceptors (Lipinski definition) is 5. The second-order valence-electron chi connectivity index (χ2n) is 5.40. The van der Waals surface area contributed by atoms with Gasteiger partial charge in [-0.25, -0.2) is 9.59 Å². The van der Waals surface area contributed by atoms with Crippen molar-refractivity contribution in [2.45, 2.75) is 32.0 Å². The van der Waals surface area contributed by atoms with Gasteiger partial charge < -0.3 is 14.4 Å². The molecular formula is C16H20N2O5. The van der Waals surface area contributed by atoms with Crippen LogP contribution in [-0.2, 0) is 25.7 Å². The van der Waals surface area contributed by atoms with Crippen molar-refractivity contribution in [1.82, 2.24) is 10.2 Å². The molecule has 1 N–H and O–H groups in total. The molecule has 0 saturated carbocycles. The number of carbonyl (C=O) groups is 3. The van der Waals surface area contributed by atoms with Crippen LogP contribution in [0.4, 0.5) is 4.79 Å². The first-order valence-corrected chi connectivity index (χ1v) is 7.35. The monoisotopic (exact) mass is 320 g/mol. The second kappa shape index (κ2) is 7.13. The minimum Gasteiger partial charge on any atom is -0.466 e. The van der Waals surface area contributed by atoms with E-state index < -0.39 is 17.7 Å². The lowest BCUT2D eigenvalue weighted by Gasteiger charge is -2.36. The number of benzene rings is 1. The Bertz CT molecular complexity index is 589. The van der Waals surface area contributed by atoms with Crippen molar-refractivity contribution in [2.75, 3.05) is 13.7 Å². The summed E-state index contributed by atoms with van der Waals surface area (Å²) in [6, 6.07) is 9.15. The summed E-state index contributed by atoms with van der Waals surface area (Å²) in [6.45, 7) is 1.88. The Balaban J connectivity index is 2.04. The molecule has 1 saturated heterocycles. The molecule has 2 amide bonds. The van der Waals surface area contributed by atoms with Gasteiger partial charge in [0.25, 0.3) is 0 Å². The number of amides is 2. The van der Waals surface area contributed by atoms with Crippen LogP contribution < -0.4 is 5.32 Å². The third-order valence-corrected chi connectivity index (χ3v) is 3.75. The van der Waals surface area contributed by atoms with Crippen LogP contribution in [0.3, 0.4) is 0 Å². The molecule has 1 aromatic rings. The lowest BCUT2D eigenvalue weighted by molar-refractivity contribution is -0.160. The van der Waals surface area contributed by atoms with Crippen LogP contribution in [0, 0.1) is 0 Å². The summed E-state index contributed by atoms with van der Waals surface area (Å²) in [7, 11) is 1.21. The number of esters is 1. The number of hydrogen-bond donors (Lipinski definition) is 1. The zero-order chi connectivity index (χ0) is 16.9. The quantitative estimate of drug-likeness (QED) is 0.830. The van der Waals surface area contributed by atoms with Crippen LogP contribution in [0.1, 0.15) is 25.3 Å². The van der Waals surface area contributed by atoms with Crippen LogP contribution in [-0.4, -0.2) is 42.2 Å². The Hall–Kier alpha value is -2.57. The zero-order valence-electron chi connectivity index (χ0n) is 13.2. The highest BCUT2D eigenvalue weighted by atomic mass is 16.6.